The molecule has 0 rings (SSSR count). The van der Waals surface area contributed by atoms with Crippen LogP contribution in [0.15, 0.2) is 9.98 Å². The van der Waals surface area contributed by atoms with Crippen molar-refractivity contribution in [2.75, 3.05) is 54.4 Å². The number of nitrogens with zero attached hydrogens (tertiary/aromatic N) is 5. The Bertz CT molecular complexity index is 407. The molecule has 0 spiro atoms. The van der Waals surface area contributed by atoms with Crippen LogP contribution in [0.3, 0.4) is 0 Å². The SMILES string of the molecule is CCCCN=C(N(C)C(=NC)N(C)C)[N+](CCCC)(CCCC)CCCC. The molecule has 0 saturated carbocycles. The molecular weight excluding hydrogens is 334 g/mol. The van der Waals surface area contributed by atoms with Crippen LogP contribution in [0, 0.1) is 0 Å². The molecule has 0 radical (unpaired) electrons. The van der Waals surface area contributed by atoms with Crippen molar-refractivity contribution < 1.29 is 4.48 Å². The number of guanidine groups is 2. The van der Waals surface area contributed by atoms with Crippen LogP contribution in [0.25, 0.3) is 0 Å². The predicted molar refractivity (Wildman–Crippen MR) is 122 cm³/mol. The summed E-state index contributed by atoms with van der Waals surface area (Å²) in [5.41, 5.74) is 0. The summed E-state index contributed by atoms with van der Waals surface area (Å²) in [7, 11) is 8.18. The van der Waals surface area contributed by atoms with E-state index in [1.807, 2.05) is 7.05 Å². The number of quaternary nitrogens is 1. The summed E-state index contributed by atoms with van der Waals surface area (Å²) in [5, 5.41) is 0. The van der Waals surface area contributed by atoms with Crippen LogP contribution in [0.1, 0.15) is 79.1 Å². The fraction of sp³-hybridized carbons (Fsp3) is 0.909. The van der Waals surface area contributed by atoms with Crippen LogP contribution in [0.4, 0.5) is 0 Å². The molecule has 0 aliphatic rings. The van der Waals surface area contributed by atoms with Gasteiger partial charge in [0.05, 0.1) is 19.6 Å². The third-order valence-corrected chi connectivity index (χ3v) is 5.21. The van der Waals surface area contributed by atoms with Crippen LogP contribution < -0.4 is 0 Å². The molecule has 0 aromatic carbocycles. The minimum Gasteiger partial charge on any atom is -0.349 e. The van der Waals surface area contributed by atoms with E-state index in [4.69, 9.17) is 4.99 Å². The van der Waals surface area contributed by atoms with E-state index in [1.54, 1.807) is 0 Å². The van der Waals surface area contributed by atoms with Gasteiger partial charge in [0.2, 0.25) is 5.96 Å². The Hall–Kier alpha value is -1.10. The Morgan fingerprint density at radius 3 is 1.52 bits per heavy atom. The lowest BCUT2D eigenvalue weighted by atomic mass is 10.1. The summed E-state index contributed by atoms with van der Waals surface area (Å²) in [6.45, 7) is 13.6. The molecule has 5 nitrogen and oxygen atoms in total. The first kappa shape index (κ1) is 25.9. The second-order valence-electron chi connectivity index (χ2n) is 7.89. The van der Waals surface area contributed by atoms with Crippen molar-refractivity contribution in [2.24, 2.45) is 9.98 Å². The van der Waals surface area contributed by atoms with Gasteiger partial charge in [-0.25, -0.2) is 4.99 Å². The highest BCUT2D eigenvalue weighted by Gasteiger charge is 2.37. The van der Waals surface area contributed by atoms with Gasteiger partial charge in [-0.2, -0.15) is 0 Å². The van der Waals surface area contributed by atoms with Crippen molar-refractivity contribution >= 4 is 11.9 Å². The fourth-order valence-corrected chi connectivity index (χ4v) is 3.67. The minimum atomic E-state index is 0.908. The van der Waals surface area contributed by atoms with E-state index in [1.165, 1.54) is 70.5 Å². The summed E-state index contributed by atoms with van der Waals surface area (Å²) in [4.78, 5) is 14.1. The molecule has 0 fully saturated rings. The van der Waals surface area contributed by atoms with Crippen molar-refractivity contribution in [1.82, 2.24) is 9.80 Å². The quantitative estimate of drug-likeness (QED) is 0.209. The van der Waals surface area contributed by atoms with E-state index in [9.17, 15) is 0 Å². The summed E-state index contributed by atoms with van der Waals surface area (Å²) < 4.78 is 1.00. The first-order chi connectivity index (χ1) is 12.9. The Labute approximate surface area is 170 Å². The van der Waals surface area contributed by atoms with Crippen LogP contribution >= 0.6 is 0 Å². The van der Waals surface area contributed by atoms with Crippen LogP contribution in [0.2, 0.25) is 0 Å². The highest BCUT2D eigenvalue weighted by atomic mass is 15.5. The van der Waals surface area contributed by atoms with Gasteiger partial charge < -0.3 is 4.90 Å². The van der Waals surface area contributed by atoms with E-state index in [-0.39, 0.29) is 0 Å². The van der Waals surface area contributed by atoms with E-state index in [0.717, 1.165) is 23.4 Å². The third-order valence-electron chi connectivity index (χ3n) is 5.21. The molecule has 0 aromatic heterocycles. The van der Waals surface area contributed by atoms with Crippen LogP contribution in [0.5, 0.6) is 0 Å². The smallest absolute Gasteiger partial charge is 0.306 e. The molecule has 0 aliphatic heterocycles. The lowest BCUT2D eigenvalue weighted by Crippen LogP contribution is -2.62. The molecule has 0 aromatic rings. The average Bonchev–Trinajstić information content (AvgIpc) is 2.65. The number of unbranched alkanes of at least 4 members (excludes halogenated alkanes) is 4. The van der Waals surface area contributed by atoms with Gasteiger partial charge in [0, 0.05) is 34.7 Å². The molecule has 0 bridgehead atoms. The zero-order valence-corrected chi connectivity index (χ0v) is 19.7. The maximum absolute atomic E-state index is 5.20. The first-order valence-corrected chi connectivity index (χ1v) is 11.2. The van der Waals surface area contributed by atoms with E-state index >= 15 is 0 Å². The van der Waals surface area contributed by atoms with Gasteiger partial charge in [0.15, 0.2) is 0 Å². The maximum atomic E-state index is 5.20. The van der Waals surface area contributed by atoms with Crippen molar-refractivity contribution in [3.8, 4) is 0 Å². The molecular formula is C22H48N5+. The molecule has 0 unspecified atom stereocenters. The molecule has 27 heavy (non-hydrogen) atoms. The van der Waals surface area contributed by atoms with Crippen molar-refractivity contribution in [3.05, 3.63) is 0 Å². The minimum absolute atomic E-state index is 0.908. The highest BCUT2D eigenvalue weighted by Crippen LogP contribution is 2.19. The Morgan fingerprint density at radius 2 is 1.19 bits per heavy atom. The summed E-state index contributed by atoms with van der Waals surface area (Å²) >= 11 is 0. The molecule has 0 N–H and O–H groups in total. The van der Waals surface area contributed by atoms with Gasteiger partial charge >= 0.3 is 5.96 Å². The third kappa shape index (κ3) is 8.63. The fourth-order valence-electron chi connectivity index (χ4n) is 3.67. The van der Waals surface area contributed by atoms with Crippen molar-refractivity contribution in [1.29, 1.82) is 0 Å². The number of aliphatic imine (C=N–C) groups is 2. The maximum Gasteiger partial charge on any atom is 0.306 e. The lowest BCUT2D eigenvalue weighted by molar-refractivity contribution is -0.847. The summed E-state index contributed by atoms with van der Waals surface area (Å²) in [6.07, 6.45) is 9.75. The van der Waals surface area contributed by atoms with Gasteiger partial charge in [-0.05, 0) is 25.7 Å². The van der Waals surface area contributed by atoms with E-state index in [0.29, 0.717) is 0 Å². The summed E-state index contributed by atoms with van der Waals surface area (Å²) in [5.74, 6) is 2.20. The second-order valence-corrected chi connectivity index (χ2v) is 7.89. The zero-order chi connectivity index (χ0) is 20.7. The Morgan fingerprint density at radius 1 is 0.741 bits per heavy atom. The second kappa shape index (κ2) is 14.9. The van der Waals surface area contributed by atoms with Crippen LogP contribution in [-0.4, -0.2) is 80.6 Å². The molecule has 160 valence electrons. The van der Waals surface area contributed by atoms with Crippen molar-refractivity contribution in [2.45, 2.75) is 79.1 Å². The lowest BCUT2D eigenvalue weighted by Gasteiger charge is -2.42. The highest BCUT2D eigenvalue weighted by molar-refractivity contribution is 5.95. The van der Waals surface area contributed by atoms with Gasteiger partial charge in [-0.1, -0.05) is 53.4 Å². The predicted octanol–water partition coefficient (Wildman–Crippen LogP) is 4.84. The number of hydrogen-bond donors (Lipinski definition) is 0. The largest absolute Gasteiger partial charge is 0.349 e. The number of hydrogen-bond acceptors (Lipinski definition) is 2. The molecule has 0 saturated heterocycles. The monoisotopic (exact) mass is 382 g/mol. The molecule has 0 amide bonds. The number of rotatable bonds is 12. The molecule has 0 aliphatic carbocycles. The standard InChI is InChI=1S/C22H48N5/c1-9-13-17-24-22(26(8)21(23-5)25(6)7)27(18-14-10-2,19-15-11-3)20-16-12-4/h9-20H2,1-8H3/q+1. The van der Waals surface area contributed by atoms with Crippen molar-refractivity contribution in [3.63, 3.8) is 0 Å². The topological polar surface area (TPSA) is 31.2 Å². The normalized spacial score (nSPS) is 13.2. The van der Waals surface area contributed by atoms with Gasteiger partial charge in [-0.15, -0.1) is 0 Å². The van der Waals surface area contributed by atoms with Gasteiger partial charge in [0.1, 0.15) is 0 Å². The van der Waals surface area contributed by atoms with E-state index in [2.05, 4.69) is 63.6 Å². The zero-order valence-electron chi connectivity index (χ0n) is 19.7. The Balaban J connectivity index is 6.13. The van der Waals surface area contributed by atoms with E-state index < -0.39 is 0 Å². The Kier molecular flexibility index (Phi) is 14.3. The average molecular weight is 383 g/mol. The molecule has 0 atom stereocenters. The molecule has 0 heterocycles. The van der Waals surface area contributed by atoms with Crippen LogP contribution in [-0.2, 0) is 0 Å². The van der Waals surface area contributed by atoms with Gasteiger partial charge in [0.25, 0.3) is 0 Å². The first-order valence-electron chi connectivity index (χ1n) is 11.2. The van der Waals surface area contributed by atoms with Gasteiger partial charge in [-0.3, -0.25) is 14.4 Å². The molecule has 5 heteroatoms. The summed E-state index contributed by atoms with van der Waals surface area (Å²) in [6, 6.07) is 0.